The van der Waals surface area contributed by atoms with Crippen LogP contribution in [0.1, 0.15) is 18.5 Å². The molecule has 1 aromatic rings. The lowest BCUT2D eigenvalue weighted by Crippen LogP contribution is -2.45. The zero-order valence-electron chi connectivity index (χ0n) is 11.5. The van der Waals surface area contributed by atoms with E-state index in [9.17, 15) is 0 Å². The fourth-order valence-electron chi connectivity index (χ4n) is 2.38. The van der Waals surface area contributed by atoms with Gasteiger partial charge in [0, 0.05) is 19.1 Å². The first-order valence-corrected chi connectivity index (χ1v) is 6.48. The lowest BCUT2D eigenvalue weighted by Gasteiger charge is -2.36. The topological polar surface area (TPSA) is 78.0 Å². The molecule has 2 rings (SSSR count). The minimum absolute atomic E-state index is 0.0445. The molecule has 2 heterocycles. The number of rotatable bonds is 3. The maximum Gasteiger partial charge on any atom is 0.188 e. The molecule has 3 N–H and O–H groups in total. The van der Waals surface area contributed by atoms with E-state index in [2.05, 4.69) is 34.0 Å². The van der Waals surface area contributed by atoms with Gasteiger partial charge in [-0.05, 0) is 39.1 Å². The van der Waals surface area contributed by atoms with Gasteiger partial charge in [0.2, 0.25) is 0 Å². The largest absolute Gasteiger partial charge is 0.409 e. The fourth-order valence-corrected chi connectivity index (χ4v) is 2.38. The second-order valence-corrected chi connectivity index (χ2v) is 5.07. The summed E-state index contributed by atoms with van der Waals surface area (Å²) in [6.45, 7) is 1.95. The molecule has 1 aliphatic heterocycles. The summed E-state index contributed by atoms with van der Waals surface area (Å²) in [6.07, 6.45) is 2.36. The third-order valence-electron chi connectivity index (χ3n) is 3.56. The lowest BCUT2D eigenvalue weighted by atomic mass is 10.0. The quantitative estimate of drug-likeness (QED) is 0.363. The van der Waals surface area contributed by atoms with Crippen molar-refractivity contribution in [3.63, 3.8) is 0 Å². The molecule has 1 atom stereocenters. The molecule has 0 bridgehead atoms. The molecule has 1 fully saturated rings. The minimum Gasteiger partial charge on any atom is -0.409 e. The van der Waals surface area contributed by atoms with Gasteiger partial charge in [-0.15, -0.1) is 0 Å². The summed E-state index contributed by atoms with van der Waals surface area (Å²) in [6, 6.07) is 6.13. The molecule has 0 saturated carbocycles. The summed E-state index contributed by atoms with van der Waals surface area (Å²) in [5, 5.41) is 11.7. The van der Waals surface area contributed by atoms with Gasteiger partial charge in [0.1, 0.15) is 11.5 Å². The van der Waals surface area contributed by atoms with Crippen molar-refractivity contribution in [2.45, 2.75) is 18.9 Å². The number of amidine groups is 1. The molecule has 0 spiro atoms. The van der Waals surface area contributed by atoms with E-state index in [0.29, 0.717) is 11.7 Å². The molecule has 0 aliphatic carbocycles. The van der Waals surface area contributed by atoms with E-state index in [1.165, 1.54) is 6.42 Å². The predicted octanol–water partition coefficient (Wildman–Crippen LogP) is 0.707. The number of pyridine rings is 1. The van der Waals surface area contributed by atoms with Gasteiger partial charge in [-0.2, -0.15) is 0 Å². The van der Waals surface area contributed by atoms with Gasteiger partial charge in [0.15, 0.2) is 5.84 Å². The Morgan fingerprint density at radius 1 is 1.53 bits per heavy atom. The Kier molecular flexibility index (Phi) is 4.21. The van der Waals surface area contributed by atoms with Crippen molar-refractivity contribution in [3.8, 4) is 0 Å². The number of oxime groups is 1. The zero-order valence-corrected chi connectivity index (χ0v) is 11.5. The number of hydrogen-bond acceptors (Lipinski definition) is 5. The zero-order chi connectivity index (χ0) is 13.8. The highest BCUT2D eigenvalue weighted by molar-refractivity contribution is 5.95. The van der Waals surface area contributed by atoms with Crippen LogP contribution in [0, 0.1) is 0 Å². The summed E-state index contributed by atoms with van der Waals surface area (Å²) in [5.74, 6) is 0.929. The maximum absolute atomic E-state index is 8.71. The molecule has 0 aromatic carbocycles. The van der Waals surface area contributed by atoms with Crippen LogP contribution in [0.2, 0.25) is 0 Å². The van der Waals surface area contributed by atoms with Crippen LogP contribution in [-0.2, 0) is 0 Å². The van der Waals surface area contributed by atoms with E-state index in [4.69, 9.17) is 10.9 Å². The third kappa shape index (κ3) is 3.14. The van der Waals surface area contributed by atoms with Crippen molar-refractivity contribution in [1.29, 1.82) is 0 Å². The van der Waals surface area contributed by atoms with E-state index < -0.39 is 0 Å². The average Bonchev–Trinajstić information content (AvgIpc) is 2.46. The Hall–Kier alpha value is -1.82. The molecule has 1 saturated heterocycles. The molecule has 1 aromatic heterocycles. The van der Waals surface area contributed by atoms with Crippen molar-refractivity contribution >= 4 is 11.7 Å². The SMILES string of the molecule is CN(C)C1CCCN(c2cccc(C(N)=NO)n2)C1. The van der Waals surface area contributed by atoms with Gasteiger partial charge in [0.25, 0.3) is 0 Å². The van der Waals surface area contributed by atoms with Crippen LogP contribution in [-0.4, -0.2) is 54.2 Å². The molecular weight excluding hydrogens is 242 g/mol. The van der Waals surface area contributed by atoms with Crippen molar-refractivity contribution in [2.75, 3.05) is 32.1 Å². The first-order valence-electron chi connectivity index (χ1n) is 6.48. The number of piperidine rings is 1. The number of aromatic nitrogens is 1. The Morgan fingerprint density at radius 2 is 2.32 bits per heavy atom. The Labute approximate surface area is 113 Å². The van der Waals surface area contributed by atoms with Crippen molar-refractivity contribution in [1.82, 2.24) is 9.88 Å². The van der Waals surface area contributed by atoms with Crippen LogP contribution in [0.25, 0.3) is 0 Å². The van der Waals surface area contributed by atoms with E-state index in [-0.39, 0.29) is 5.84 Å². The minimum atomic E-state index is 0.0445. The number of nitrogens with two attached hydrogens (primary N) is 1. The van der Waals surface area contributed by atoms with Crippen molar-refractivity contribution in [2.24, 2.45) is 10.9 Å². The standard InChI is InChI=1S/C13H21N5O/c1-17(2)10-5-4-8-18(9-10)12-7-3-6-11(15-12)13(14)16-19/h3,6-7,10,19H,4-5,8-9H2,1-2H3,(H2,14,16). The van der Waals surface area contributed by atoms with E-state index in [1.807, 2.05) is 12.1 Å². The van der Waals surface area contributed by atoms with Crippen LogP contribution < -0.4 is 10.6 Å². The molecule has 0 amide bonds. The van der Waals surface area contributed by atoms with E-state index in [0.717, 1.165) is 25.3 Å². The summed E-state index contributed by atoms with van der Waals surface area (Å²) < 4.78 is 0. The summed E-state index contributed by atoms with van der Waals surface area (Å²) in [4.78, 5) is 8.95. The molecule has 104 valence electrons. The number of nitrogens with zero attached hydrogens (tertiary/aromatic N) is 4. The third-order valence-corrected chi connectivity index (χ3v) is 3.56. The van der Waals surface area contributed by atoms with Crippen molar-refractivity contribution in [3.05, 3.63) is 23.9 Å². The Morgan fingerprint density at radius 3 is 3.00 bits per heavy atom. The summed E-state index contributed by atoms with van der Waals surface area (Å²) >= 11 is 0. The Balaban J connectivity index is 2.17. The molecule has 6 nitrogen and oxygen atoms in total. The number of anilines is 1. The molecular formula is C13H21N5O. The van der Waals surface area contributed by atoms with Gasteiger partial charge in [-0.1, -0.05) is 11.2 Å². The maximum atomic E-state index is 8.71. The highest BCUT2D eigenvalue weighted by Gasteiger charge is 2.22. The second-order valence-electron chi connectivity index (χ2n) is 5.07. The van der Waals surface area contributed by atoms with Gasteiger partial charge in [-0.3, -0.25) is 0 Å². The van der Waals surface area contributed by atoms with Crippen LogP contribution in [0.5, 0.6) is 0 Å². The smallest absolute Gasteiger partial charge is 0.188 e. The highest BCUT2D eigenvalue weighted by Crippen LogP contribution is 2.20. The van der Waals surface area contributed by atoms with Gasteiger partial charge in [0.05, 0.1) is 0 Å². The number of hydrogen-bond donors (Lipinski definition) is 2. The molecule has 1 aliphatic rings. The van der Waals surface area contributed by atoms with Gasteiger partial charge < -0.3 is 20.7 Å². The molecule has 1 unspecified atom stereocenters. The second kappa shape index (κ2) is 5.88. The van der Waals surface area contributed by atoms with Gasteiger partial charge >= 0.3 is 0 Å². The predicted molar refractivity (Wildman–Crippen MR) is 75.7 cm³/mol. The average molecular weight is 263 g/mol. The highest BCUT2D eigenvalue weighted by atomic mass is 16.4. The van der Waals surface area contributed by atoms with Gasteiger partial charge in [-0.25, -0.2) is 4.98 Å². The monoisotopic (exact) mass is 263 g/mol. The summed E-state index contributed by atoms with van der Waals surface area (Å²) in [5.41, 5.74) is 6.09. The first kappa shape index (κ1) is 13.6. The first-order chi connectivity index (χ1) is 9.11. The molecule has 19 heavy (non-hydrogen) atoms. The van der Waals surface area contributed by atoms with Crippen LogP contribution in [0.4, 0.5) is 5.82 Å². The lowest BCUT2D eigenvalue weighted by molar-refractivity contribution is 0.257. The van der Waals surface area contributed by atoms with E-state index >= 15 is 0 Å². The summed E-state index contributed by atoms with van der Waals surface area (Å²) in [7, 11) is 4.21. The molecule has 6 heteroatoms. The van der Waals surface area contributed by atoms with E-state index in [1.54, 1.807) is 6.07 Å². The fraction of sp³-hybridized carbons (Fsp3) is 0.538. The normalized spacial score (nSPS) is 20.9. The molecule has 0 radical (unpaired) electrons. The van der Waals surface area contributed by atoms with Crippen LogP contribution in [0.15, 0.2) is 23.4 Å². The Bertz CT molecular complexity index is 460. The van der Waals surface area contributed by atoms with Crippen LogP contribution in [0.3, 0.4) is 0 Å². The number of likely N-dealkylation sites (N-methyl/N-ethyl adjacent to an activating group) is 1. The van der Waals surface area contributed by atoms with Crippen molar-refractivity contribution < 1.29 is 5.21 Å². The van der Waals surface area contributed by atoms with Crippen LogP contribution >= 0.6 is 0 Å².